The van der Waals surface area contributed by atoms with Gasteiger partial charge >= 0.3 is 0 Å². The van der Waals surface area contributed by atoms with Crippen molar-refractivity contribution in [2.24, 2.45) is 0 Å². The lowest BCUT2D eigenvalue weighted by Crippen LogP contribution is -2.04. The summed E-state index contributed by atoms with van der Waals surface area (Å²) in [5.41, 5.74) is 8.76. The fourth-order valence-corrected chi connectivity index (χ4v) is 7.98. The zero-order chi connectivity index (χ0) is 38.1. The Balaban J connectivity index is 1.27. The average molecular weight is 725 g/mol. The summed E-state index contributed by atoms with van der Waals surface area (Å²) in [5, 5.41) is 14.8. The van der Waals surface area contributed by atoms with Crippen LogP contribution in [0.3, 0.4) is 0 Å². The number of benzene rings is 5. The van der Waals surface area contributed by atoms with Crippen LogP contribution in [0.15, 0.2) is 121 Å². The highest BCUT2D eigenvalue weighted by atomic mass is 15.1. The molecule has 5 aromatic carbocycles. The van der Waals surface area contributed by atoms with Gasteiger partial charge in [0.15, 0.2) is 11.6 Å². The van der Waals surface area contributed by atoms with Crippen LogP contribution in [0.5, 0.6) is 0 Å². The Bertz CT molecular complexity index is 3240. The molecule has 0 N–H and O–H groups in total. The Labute approximate surface area is 321 Å². The molecule has 0 atom stereocenters. The maximum Gasteiger partial charge on any atom is 0.163 e. The van der Waals surface area contributed by atoms with Gasteiger partial charge in [0.05, 0.1) is 45.6 Å². The van der Waals surface area contributed by atoms with Crippen LogP contribution in [-0.2, 0) is 0 Å². The zero-order valence-electron chi connectivity index (χ0n) is 31.0. The minimum atomic E-state index is 0.563. The summed E-state index contributed by atoms with van der Waals surface area (Å²) in [7, 11) is 0. The second-order valence-corrected chi connectivity index (χ2v) is 13.9. The van der Waals surface area contributed by atoms with Gasteiger partial charge in [0.25, 0.3) is 0 Å². The van der Waals surface area contributed by atoms with E-state index >= 15 is 0 Å². The summed E-state index contributed by atoms with van der Waals surface area (Å²) in [6.45, 7) is 7.53. The van der Waals surface area contributed by atoms with Gasteiger partial charge in [-0.05, 0) is 64.1 Å². The third kappa shape index (κ3) is 5.28. The minimum Gasteiger partial charge on any atom is -0.307 e. The van der Waals surface area contributed by atoms with Gasteiger partial charge in [-0.25, -0.2) is 34.9 Å². The Kier molecular flexibility index (Phi) is 7.50. The first-order valence-corrected chi connectivity index (χ1v) is 18.3. The predicted octanol–water partition coefficient (Wildman–Crippen LogP) is 9.75. The van der Waals surface area contributed by atoms with Crippen LogP contribution in [0.1, 0.15) is 28.9 Å². The first-order chi connectivity index (χ1) is 27.3. The van der Waals surface area contributed by atoms with Gasteiger partial charge in [-0.2, -0.15) is 5.26 Å². The molecule has 56 heavy (non-hydrogen) atoms. The second-order valence-electron chi connectivity index (χ2n) is 13.9. The molecule has 0 aliphatic rings. The van der Waals surface area contributed by atoms with Crippen LogP contribution < -0.4 is 0 Å². The number of rotatable bonds is 5. The van der Waals surface area contributed by atoms with E-state index in [1.54, 1.807) is 0 Å². The Morgan fingerprint density at radius 2 is 0.946 bits per heavy atom. The lowest BCUT2D eigenvalue weighted by molar-refractivity contribution is 0.928. The van der Waals surface area contributed by atoms with Gasteiger partial charge in [-0.3, -0.25) is 4.57 Å². The maximum absolute atomic E-state index is 10.5. The topological polar surface area (TPSA) is 124 Å². The quantitative estimate of drug-likeness (QED) is 0.172. The molecule has 0 saturated heterocycles. The van der Waals surface area contributed by atoms with E-state index in [-0.39, 0.29) is 0 Å². The molecule has 0 saturated carbocycles. The van der Waals surface area contributed by atoms with Crippen molar-refractivity contribution < 1.29 is 0 Å². The van der Waals surface area contributed by atoms with E-state index in [0.29, 0.717) is 46.3 Å². The highest BCUT2D eigenvalue weighted by molar-refractivity contribution is 6.12. The van der Waals surface area contributed by atoms with Crippen LogP contribution >= 0.6 is 0 Å². The fraction of sp³-hybridized carbons (Fsp3) is 0.0870. The van der Waals surface area contributed by atoms with Crippen molar-refractivity contribution in [1.29, 1.82) is 5.26 Å². The lowest BCUT2D eigenvalue weighted by atomic mass is 9.99. The van der Waals surface area contributed by atoms with Crippen LogP contribution in [0, 0.1) is 39.0 Å². The summed E-state index contributed by atoms with van der Waals surface area (Å²) in [4.78, 5) is 32.8. The number of hydrogen-bond acceptors (Lipinski definition) is 8. The van der Waals surface area contributed by atoms with Crippen molar-refractivity contribution in [2.75, 3.05) is 0 Å². The van der Waals surface area contributed by atoms with Gasteiger partial charge < -0.3 is 4.57 Å². The molecule has 10 nitrogen and oxygen atoms in total. The molecule has 0 bridgehead atoms. The van der Waals surface area contributed by atoms with Crippen LogP contribution in [-0.4, -0.2) is 44.0 Å². The normalized spacial score (nSPS) is 11.6. The second kappa shape index (κ2) is 12.7. The van der Waals surface area contributed by atoms with E-state index in [0.717, 1.165) is 71.6 Å². The van der Waals surface area contributed by atoms with Crippen molar-refractivity contribution in [3.05, 3.63) is 150 Å². The van der Waals surface area contributed by atoms with Crippen molar-refractivity contribution in [3.63, 3.8) is 0 Å². The van der Waals surface area contributed by atoms with Crippen molar-refractivity contribution in [3.8, 4) is 51.5 Å². The number of nitrogens with zero attached hydrogens (tertiary/aromatic N) is 10. The van der Waals surface area contributed by atoms with Gasteiger partial charge in [0.2, 0.25) is 0 Å². The largest absolute Gasteiger partial charge is 0.307 e. The van der Waals surface area contributed by atoms with E-state index < -0.39 is 0 Å². The fourth-order valence-electron chi connectivity index (χ4n) is 7.98. The molecular weight excluding hydrogens is 693 g/mol. The van der Waals surface area contributed by atoms with E-state index in [2.05, 4.69) is 124 Å². The van der Waals surface area contributed by atoms with E-state index in [1.807, 2.05) is 70.3 Å². The summed E-state index contributed by atoms with van der Waals surface area (Å²) in [5.74, 6) is 4.61. The van der Waals surface area contributed by atoms with E-state index in [1.165, 1.54) is 0 Å². The summed E-state index contributed by atoms with van der Waals surface area (Å²) < 4.78 is 4.43. The van der Waals surface area contributed by atoms with Gasteiger partial charge in [-0.1, -0.05) is 78.9 Å². The maximum atomic E-state index is 10.5. The molecule has 0 aliphatic carbocycles. The number of hydrogen-bond donors (Lipinski definition) is 0. The molecule has 10 aromatic rings. The van der Waals surface area contributed by atoms with Crippen LogP contribution in [0.2, 0.25) is 0 Å². The Hall–Kier alpha value is -7.64. The number of nitriles is 1. The smallest absolute Gasteiger partial charge is 0.163 e. The number of aromatic nitrogens is 9. The van der Waals surface area contributed by atoms with Gasteiger partial charge in [0, 0.05) is 43.8 Å². The molecule has 0 fully saturated rings. The SMILES string of the molecule is Cc1nc(C)nc(-c2ccc3c4ccccc4n(-c4cc(-c5ccccc5C#N)c(-n5c6ccccc6c6ccc(-c7nc(C)nc(C)n7)cc65)cn4)c3c2)n1. The van der Waals surface area contributed by atoms with Crippen LogP contribution in [0.4, 0.5) is 0 Å². The van der Waals surface area contributed by atoms with Gasteiger partial charge in [0.1, 0.15) is 29.1 Å². The summed E-state index contributed by atoms with van der Waals surface area (Å²) in [6.07, 6.45) is 1.93. The number of fused-ring (bicyclic) bond motifs is 6. The highest BCUT2D eigenvalue weighted by Gasteiger charge is 2.22. The molecule has 5 heterocycles. The predicted molar refractivity (Wildman–Crippen MR) is 220 cm³/mol. The van der Waals surface area contributed by atoms with Crippen molar-refractivity contribution in [1.82, 2.24) is 44.0 Å². The number of aryl methyl sites for hydroxylation is 4. The molecule has 0 aliphatic heterocycles. The molecule has 0 spiro atoms. The first-order valence-electron chi connectivity index (χ1n) is 18.3. The Morgan fingerprint density at radius 3 is 1.52 bits per heavy atom. The number of pyridine rings is 1. The summed E-state index contributed by atoms with van der Waals surface area (Å²) >= 11 is 0. The van der Waals surface area contributed by atoms with E-state index in [4.69, 9.17) is 4.98 Å². The third-order valence-electron chi connectivity index (χ3n) is 10.3. The molecule has 10 rings (SSSR count). The third-order valence-corrected chi connectivity index (χ3v) is 10.3. The Morgan fingerprint density at radius 1 is 0.464 bits per heavy atom. The molecular formula is C46H32N10. The van der Waals surface area contributed by atoms with Gasteiger partial charge in [-0.15, -0.1) is 0 Å². The molecule has 10 heteroatoms. The molecule has 0 unspecified atom stereocenters. The average Bonchev–Trinajstić information content (AvgIpc) is 3.72. The molecule has 266 valence electrons. The van der Waals surface area contributed by atoms with Crippen LogP contribution in [0.25, 0.3) is 89.0 Å². The highest BCUT2D eigenvalue weighted by Crippen LogP contribution is 2.40. The lowest BCUT2D eigenvalue weighted by Gasteiger charge is -2.17. The minimum absolute atomic E-state index is 0.563. The number of para-hydroxylation sites is 2. The van der Waals surface area contributed by atoms with Crippen molar-refractivity contribution in [2.45, 2.75) is 27.7 Å². The van der Waals surface area contributed by atoms with Crippen molar-refractivity contribution >= 4 is 43.6 Å². The zero-order valence-corrected chi connectivity index (χ0v) is 31.0. The molecule has 5 aromatic heterocycles. The van der Waals surface area contributed by atoms with E-state index in [9.17, 15) is 5.26 Å². The molecule has 0 radical (unpaired) electrons. The standard InChI is InChI=1S/C46H32N10/c1-26-49-27(2)52-45(51-26)30-17-19-36-34-13-7-9-15-39(34)55(41(36)21-30)43-25-48-44(23-38(43)33-12-6-5-11-32(33)24-47)56-40-16-10-8-14-35(40)37-20-18-31(22-42(37)56)46-53-28(3)50-29(4)54-46/h5-23,25H,1-4H3. The first kappa shape index (κ1) is 33.0. The molecule has 0 amide bonds. The monoisotopic (exact) mass is 724 g/mol. The summed E-state index contributed by atoms with van der Waals surface area (Å²) in [6, 6.07) is 41.7.